The summed E-state index contributed by atoms with van der Waals surface area (Å²) >= 11 is 0. The van der Waals surface area contributed by atoms with Crippen molar-refractivity contribution < 1.29 is 28.7 Å². The van der Waals surface area contributed by atoms with Gasteiger partial charge in [0.15, 0.2) is 0 Å². The zero-order valence-corrected chi connectivity index (χ0v) is 35.9. The van der Waals surface area contributed by atoms with Gasteiger partial charge in [-0.15, -0.1) is 0 Å². The molecule has 8 rings (SSSR count). The van der Waals surface area contributed by atoms with Crippen LogP contribution in [-0.4, -0.2) is 93.1 Å². The molecule has 1 spiro atoms. The third kappa shape index (κ3) is 8.33. The van der Waals surface area contributed by atoms with E-state index in [0.717, 1.165) is 69.5 Å². The lowest BCUT2D eigenvalue weighted by atomic mass is 9.98. The van der Waals surface area contributed by atoms with Crippen LogP contribution in [-0.2, 0) is 19.1 Å². The number of methoxy groups -OCH3 is 2. The zero-order valence-electron chi connectivity index (χ0n) is 35.9. The highest BCUT2D eigenvalue weighted by molar-refractivity contribution is 5.91. The molecule has 5 atom stereocenters. The molecule has 2 aromatic heterocycles. The number of benzene rings is 3. The van der Waals surface area contributed by atoms with E-state index in [1.165, 1.54) is 14.2 Å². The number of hydrogen-bond donors (Lipinski definition) is 4. The minimum absolute atomic E-state index is 0.112. The van der Waals surface area contributed by atoms with E-state index in [4.69, 9.17) is 14.5 Å². The maximum Gasteiger partial charge on any atom is 0.407 e. The first kappa shape index (κ1) is 42.0. The van der Waals surface area contributed by atoms with Crippen LogP contribution in [0.5, 0.6) is 0 Å². The molecule has 2 aliphatic heterocycles. The summed E-state index contributed by atoms with van der Waals surface area (Å²) < 4.78 is 9.58. The number of fused-ring (bicyclic) bond motifs is 1. The SMILES string of the molecule is COC(=O)NC(C(=O)N1CC(C#N)CC1c1ncc(-c2ccc3cc(-c4ccc(-c5cnc(C6CC7(CC7)CN6C(=O)C(NC(=O)OC)C(C)C)[nH]5)cc4)ccc3c2)[nH]1)C(C)C. The first-order valence-electron chi connectivity index (χ1n) is 21.2. The molecule has 322 valence electrons. The Morgan fingerprint density at radius 1 is 0.726 bits per heavy atom. The number of imidazole rings is 2. The van der Waals surface area contributed by atoms with Crippen LogP contribution < -0.4 is 10.6 Å². The molecule has 1 saturated carbocycles. The molecule has 62 heavy (non-hydrogen) atoms. The molecule has 4 N–H and O–H groups in total. The number of hydrogen-bond acceptors (Lipinski definition) is 9. The highest BCUT2D eigenvalue weighted by Crippen LogP contribution is 2.58. The Kier molecular flexibility index (Phi) is 11.5. The van der Waals surface area contributed by atoms with Gasteiger partial charge >= 0.3 is 12.2 Å². The minimum Gasteiger partial charge on any atom is -0.453 e. The Bertz CT molecular complexity index is 2530. The lowest BCUT2D eigenvalue weighted by Gasteiger charge is -2.30. The second kappa shape index (κ2) is 17.0. The van der Waals surface area contributed by atoms with Crippen molar-refractivity contribution >= 4 is 34.8 Å². The number of amides is 4. The zero-order chi connectivity index (χ0) is 43.9. The molecule has 15 heteroatoms. The van der Waals surface area contributed by atoms with Gasteiger partial charge in [-0.05, 0) is 82.5 Å². The molecule has 5 aromatic rings. The fourth-order valence-electron chi connectivity index (χ4n) is 9.00. The van der Waals surface area contributed by atoms with Crippen molar-refractivity contribution in [2.24, 2.45) is 23.2 Å². The van der Waals surface area contributed by atoms with E-state index in [-0.39, 0.29) is 47.6 Å². The number of nitrogens with zero attached hydrogens (tertiary/aromatic N) is 5. The van der Waals surface area contributed by atoms with Gasteiger partial charge in [0.2, 0.25) is 11.8 Å². The maximum atomic E-state index is 13.9. The van der Waals surface area contributed by atoms with Crippen molar-refractivity contribution in [2.75, 3.05) is 27.3 Å². The number of nitriles is 1. The molecule has 4 heterocycles. The number of nitrogens with one attached hydrogen (secondary N) is 4. The van der Waals surface area contributed by atoms with E-state index in [2.05, 4.69) is 86.3 Å². The summed E-state index contributed by atoms with van der Waals surface area (Å²) in [5, 5.41) is 17.3. The van der Waals surface area contributed by atoms with E-state index in [1.54, 1.807) is 11.1 Å². The summed E-state index contributed by atoms with van der Waals surface area (Å²) in [7, 11) is 2.56. The monoisotopic (exact) mass is 839 g/mol. The summed E-state index contributed by atoms with van der Waals surface area (Å²) in [5.41, 5.74) is 5.81. The number of alkyl carbamates (subject to hydrolysis) is 2. The molecule has 0 bridgehead atoms. The van der Waals surface area contributed by atoms with Crippen molar-refractivity contribution in [1.29, 1.82) is 5.26 Å². The summed E-state index contributed by atoms with van der Waals surface area (Å²) in [5.74, 6) is 0.262. The molecule has 1 aliphatic carbocycles. The quantitative estimate of drug-likeness (QED) is 0.104. The lowest BCUT2D eigenvalue weighted by Crippen LogP contribution is -2.51. The van der Waals surface area contributed by atoms with Crippen molar-refractivity contribution in [2.45, 2.75) is 77.5 Å². The van der Waals surface area contributed by atoms with Gasteiger partial charge in [-0.3, -0.25) is 9.59 Å². The Morgan fingerprint density at radius 3 is 1.77 bits per heavy atom. The second-order valence-electron chi connectivity index (χ2n) is 17.7. The molecule has 3 aliphatic rings. The molecule has 3 aromatic carbocycles. The summed E-state index contributed by atoms with van der Waals surface area (Å²) in [6, 6.07) is 21.1. The molecule has 5 unspecified atom stereocenters. The van der Waals surface area contributed by atoms with Gasteiger partial charge < -0.3 is 39.9 Å². The van der Waals surface area contributed by atoms with Gasteiger partial charge in [0.25, 0.3) is 0 Å². The molecule has 3 fully saturated rings. The number of H-pyrrole nitrogens is 2. The predicted molar refractivity (Wildman–Crippen MR) is 232 cm³/mol. The van der Waals surface area contributed by atoms with Crippen LogP contribution in [0.2, 0.25) is 0 Å². The second-order valence-corrected chi connectivity index (χ2v) is 17.7. The summed E-state index contributed by atoms with van der Waals surface area (Å²) in [6.45, 7) is 8.43. The molecule has 15 nitrogen and oxygen atoms in total. The Labute approximate surface area is 360 Å². The minimum atomic E-state index is -0.809. The van der Waals surface area contributed by atoms with Gasteiger partial charge in [0, 0.05) is 18.7 Å². The Balaban J connectivity index is 0.962. The van der Waals surface area contributed by atoms with Crippen LogP contribution in [0, 0.1) is 34.5 Å². The standard InChI is InChI=1S/C47H53N9O6/c1-26(2)39(53-45(59)61-5)43(57)55-24-28(21-48)17-37(55)41-49-23-36(52-41)34-14-13-32-18-31(11-12-33(32)19-34)29-7-9-30(10-8-29)35-22-50-42(51-35)38-20-47(15-16-47)25-56(38)44(58)40(27(3)4)54-46(60)62-6/h7-14,18-19,22-23,26-28,37-40H,15-17,20,24-25H2,1-6H3,(H,49,52)(H,50,51)(H,53,59)(H,54,60). The third-order valence-electron chi connectivity index (χ3n) is 12.8. The van der Waals surface area contributed by atoms with E-state index in [1.807, 2.05) is 44.9 Å². The van der Waals surface area contributed by atoms with E-state index >= 15 is 0 Å². The first-order valence-corrected chi connectivity index (χ1v) is 21.2. The maximum absolute atomic E-state index is 13.9. The highest BCUT2D eigenvalue weighted by atomic mass is 16.5. The fraction of sp³-hybridized carbons (Fsp3) is 0.426. The first-order chi connectivity index (χ1) is 29.8. The van der Waals surface area contributed by atoms with Crippen LogP contribution in [0.3, 0.4) is 0 Å². The van der Waals surface area contributed by atoms with Crippen molar-refractivity contribution in [3.05, 3.63) is 84.7 Å². The van der Waals surface area contributed by atoms with Crippen molar-refractivity contribution in [3.63, 3.8) is 0 Å². The van der Waals surface area contributed by atoms with Gasteiger partial charge in [-0.1, -0.05) is 76.2 Å². The van der Waals surface area contributed by atoms with Crippen LogP contribution in [0.15, 0.2) is 73.1 Å². The van der Waals surface area contributed by atoms with Crippen LogP contribution in [0.1, 0.15) is 77.1 Å². The Hall–Kier alpha value is -6.69. The molecular weight excluding hydrogens is 787 g/mol. The number of rotatable bonds is 11. The smallest absolute Gasteiger partial charge is 0.407 e. The molecular formula is C47H53N9O6. The van der Waals surface area contributed by atoms with Gasteiger partial charge in [-0.25, -0.2) is 19.6 Å². The summed E-state index contributed by atoms with van der Waals surface area (Å²) in [4.78, 5) is 71.7. The normalized spacial score (nSPS) is 20.0. The van der Waals surface area contributed by atoms with Crippen LogP contribution in [0.25, 0.3) is 44.4 Å². The largest absolute Gasteiger partial charge is 0.453 e. The van der Waals surface area contributed by atoms with E-state index < -0.39 is 30.3 Å². The number of carbonyl (C=O) groups excluding carboxylic acids is 4. The topological polar surface area (TPSA) is 198 Å². The molecule has 2 saturated heterocycles. The van der Waals surface area contributed by atoms with E-state index in [0.29, 0.717) is 18.8 Å². The number of aromatic amines is 2. The lowest BCUT2D eigenvalue weighted by molar-refractivity contribution is -0.136. The van der Waals surface area contributed by atoms with Crippen molar-refractivity contribution in [3.8, 4) is 39.7 Å². The molecule has 4 amide bonds. The van der Waals surface area contributed by atoms with Gasteiger partial charge in [0.05, 0.1) is 62.1 Å². The number of likely N-dealkylation sites (tertiary alicyclic amines) is 2. The summed E-state index contributed by atoms with van der Waals surface area (Å²) in [6.07, 6.45) is 5.70. The third-order valence-corrected chi connectivity index (χ3v) is 12.8. The number of aromatic nitrogens is 4. The fourth-order valence-corrected chi connectivity index (χ4v) is 9.00. The average Bonchev–Trinajstić information content (AvgIpc) is 3.78. The van der Waals surface area contributed by atoms with Crippen LogP contribution >= 0.6 is 0 Å². The highest BCUT2D eigenvalue weighted by Gasteiger charge is 2.55. The Morgan fingerprint density at radius 2 is 1.23 bits per heavy atom. The van der Waals surface area contributed by atoms with E-state index in [9.17, 15) is 24.4 Å². The number of carbonyl (C=O) groups is 4. The number of ether oxygens (including phenoxy) is 2. The average molecular weight is 840 g/mol. The van der Waals surface area contributed by atoms with Crippen molar-refractivity contribution in [1.82, 2.24) is 40.4 Å². The van der Waals surface area contributed by atoms with Gasteiger partial charge in [-0.2, -0.15) is 5.26 Å². The molecule has 0 radical (unpaired) electrons. The predicted octanol–water partition coefficient (Wildman–Crippen LogP) is 7.51. The van der Waals surface area contributed by atoms with Gasteiger partial charge in [0.1, 0.15) is 23.7 Å². The van der Waals surface area contributed by atoms with Crippen LogP contribution in [0.4, 0.5) is 9.59 Å².